The molecule has 0 radical (unpaired) electrons. The van der Waals surface area contributed by atoms with Crippen molar-refractivity contribution in [3.63, 3.8) is 0 Å². The molecule has 2 fully saturated rings. The zero-order valence-corrected chi connectivity index (χ0v) is 12.2. The molecule has 1 aromatic heterocycles. The predicted molar refractivity (Wildman–Crippen MR) is 76.3 cm³/mol. The predicted octanol–water partition coefficient (Wildman–Crippen LogP) is 2.45. The minimum Gasteiger partial charge on any atom is -0.339 e. The lowest BCUT2D eigenvalue weighted by Crippen LogP contribution is -2.31. The number of hydrogen-bond acceptors (Lipinski definition) is 6. The van der Waals surface area contributed by atoms with E-state index < -0.39 is 0 Å². The minimum atomic E-state index is 0.384. The van der Waals surface area contributed by atoms with Crippen LogP contribution in [0.1, 0.15) is 42.1 Å². The molecule has 3 heterocycles. The lowest BCUT2D eigenvalue weighted by Gasteiger charge is -2.17. The molecule has 18 heavy (non-hydrogen) atoms. The van der Waals surface area contributed by atoms with Crippen LogP contribution in [-0.4, -0.2) is 40.5 Å². The third-order valence-corrected chi connectivity index (χ3v) is 6.26. The largest absolute Gasteiger partial charge is 0.339 e. The molecular weight excluding hydrogens is 266 g/mol. The standard InChI is InChI=1S/C12H19N3OS2/c1-13-9-7-17-6-8(9)12-14-11(15-16-12)10-4-2-3-5-18-10/h8-10,13H,2-7H2,1H3. The molecule has 1 N–H and O–H groups in total. The highest BCUT2D eigenvalue weighted by Gasteiger charge is 2.33. The van der Waals surface area contributed by atoms with Gasteiger partial charge in [0.2, 0.25) is 5.89 Å². The van der Waals surface area contributed by atoms with Crippen molar-refractivity contribution in [3.8, 4) is 0 Å². The normalized spacial score (nSPS) is 32.8. The first-order valence-electron chi connectivity index (χ1n) is 6.58. The molecule has 0 aromatic carbocycles. The zero-order valence-electron chi connectivity index (χ0n) is 10.6. The van der Waals surface area contributed by atoms with Gasteiger partial charge in [-0.1, -0.05) is 11.6 Å². The van der Waals surface area contributed by atoms with Crippen molar-refractivity contribution in [2.24, 2.45) is 0 Å². The highest BCUT2D eigenvalue weighted by molar-refractivity contribution is 7.99. The van der Waals surface area contributed by atoms with Crippen LogP contribution in [0.3, 0.4) is 0 Å². The quantitative estimate of drug-likeness (QED) is 0.920. The topological polar surface area (TPSA) is 51.0 Å². The van der Waals surface area contributed by atoms with E-state index in [0.29, 0.717) is 17.2 Å². The fourth-order valence-corrected chi connectivity index (χ4v) is 5.21. The monoisotopic (exact) mass is 285 g/mol. The zero-order chi connectivity index (χ0) is 12.4. The van der Waals surface area contributed by atoms with Crippen LogP contribution in [0, 0.1) is 0 Å². The third kappa shape index (κ3) is 2.56. The number of nitrogens with one attached hydrogen (secondary N) is 1. The molecule has 0 bridgehead atoms. The minimum absolute atomic E-state index is 0.384. The van der Waals surface area contributed by atoms with E-state index in [9.17, 15) is 0 Å². The summed E-state index contributed by atoms with van der Waals surface area (Å²) in [5.74, 6) is 5.59. The molecule has 0 aliphatic carbocycles. The fraction of sp³-hybridized carbons (Fsp3) is 0.833. The SMILES string of the molecule is CNC1CSCC1c1nc(C2CCCCS2)no1. The summed E-state index contributed by atoms with van der Waals surface area (Å²) in [6.07, 6.45) is 3.81. The molecule has 3 atom stereocenters. The number of thioether (sulfide) groups is 2. The molecule has 3 rings (SSSR count). The molecular formula is C12H19N3OS2. The van der Waals surface area contributed by atoms with Crippen LogP contribution in [0.15, 0.2) is 4.52 Å². The second-order valence-electron chi connectivity index (χ2n) is 4.89. The Bertz CT molecular complexity index is 392. The van der Waals surface area contributed by atoms with Crippen LogP contribution < -0.4 is 5.32 Å². The second kappa shape index (κ2) is 5.84. The van der Waals surface area contributed by atoms with E-state index in [1.54, 1.807) is 0 Å². The summed E-state index contributed by atoms with van der Waals surface area (Å²) in [7, 11) is 2.01. The van der Waals surface area contributed by atoms with Gasteiger partial charge in [-0.25, -0.2) is 0 Å². The first-order chi connectivity index (χ1) is 8.88. The number of aromatic nitrogens is 2. The van der Waals surface area contributed by atoms with E-state index >= 15 is 0 Å². The molecule has 4 nitrogen and oxygen atoms in total. The van der Waals surface area contributed by atoms with E-state index in [1.165, 1.54) is 25.0 Å². The van der Waals surface area contributed by atoms with E-state index in [4.69, 9.17) is 4.52 Å². The summed E-state index contributed by atoms with van der Waals surface area (Å²) >= 11 is 3.93. The van der Waals surface area contributed by atoms with Gasteiger partial charge in [0.05, 0.1) is 11.2 Å². The summed E-state index contributed by atoms with van der Waals surface area (Å²) < 4.78 is 5.51. The number of hydrogen-bond donors (Lipinski definition) is 1. The Labute approximate surface area is 116 Å². The van der Waals surface area contributed by atoms with Gasteiger partial charge in [-0.2, -0.15) is 28.5 Å². The van der Waals surface area contributed by atoms with E-state index in [0.717, 1.165) is 23.2 Å². The van der Waals surface area contributed by atoms with Crippen molar-refractivity contribution >= 4 is 23.5 Å². The van der Waals surface area contributed by atoms with Crippen LogP contribution in [0.2, 0.25) is 0 Å². The Morgan fingerprint density at radius 3 is 3.06 bits per heavy atom. The Morgan fingerprint density at radius 2 is 2.28 bits per heavy atom. The summed E-state index contributed by atoms with van der Waals surface area (Å²) in [4.78, 5) is 4.66. The van der Waals surface area contributed by atoms with Gasteiger partial charge < -0.3 is 9.84 Å². The Kier molecular flexibility index (Phi) is 4.16. The third-order valence-electron chi connectivity index (χ3n) is 3.69. The molecule has 0 spiro atoms. The number of nitrogens with zero attached hydrogens (tertiary/aromatic N) is 2. The van der Waals surface area contributed by atoms with Crippen molar-refractivity contribution in [2.45, 2.75) is 36.5 Å². The summed E-state index contributed by atoms with van der Waals surface area (Å²) in [6, 6.07) is 0.474. The molecule has 1 aromatic rings. The van der Waals surface area contributed by atoms with Gasteiger partial charge in [-0.3, -0.25) is 0 Å². The van der Waals surface area contributed by atoms with Gasteiger partial charge >= 0.3 is 0 Å². The first-order valence-corrected chi connectivity index (χ1v) is 8.79. The van der Waals surface area contributed by atoms with Crippen molar-refractivity contribution in [3.05, 3.63) is 11.7 Å². The molecule has 3 unspecified atom stereocenters. The molecule has 2 saturated heterocycles. The fourth-order valence-electron chi connectivity index (χ4n) is 2.56. The highest BCUT2D eigenvalue weighted by atomic mass is 32.2. The lowest BCUT2D eigenvalue weighted by atomic mass is 10.0. The molecule has 0 amide bonds. The van der Waals surface area contributed by atoms with Crippen molar-refractivity contribution in [2.75, 3.05) is 24.3 Å². The van der Waals surface area contributed by atoms with Gasteiger partial charge in [0, 0.05) is 17.5 Å². The van der Waals surface area contributed by atoms with E-state index in [-0.39, 0.29) is 0 Å². The second-order valence-corrected chi connectivity index (χ2v) is 7.27. The summed E-state index contributed by atoms with van der Waals surface area (Å²) in [5, 5.41) is 8.01. The van der Waals surface area contributed by atoms with Gasteiger partial charge in [0.1, 0.15) is 0 Å². The average Bonchev–Trinajstić information content (AvgIpc) is 3.08. The van der Waals surface area contributed by atoms with Crippen LogP contribution in [0.5, 0.6) is 0 Å². The van der Waals surface area contributed by atoms with Crippen molar-refractivity contribution in [1.29, 1.82) is 0 Å². The maximum absolute atomic E-state index is 5.51. The Morgan fingerprint density at radius 1 is 1.33 bits per heavy atom. The number of rotatable bonds is 3. The first kappa shape index (κ1) is 12.8. The lowest BCUT2D eigenvalue weighted by molar-refractivity contribution is 0.339. The van der Waals surface area contributed by atoms with Crippen LogP contribution in [0.4, 0.5) is 0 Å². The molecule has 100 valence electrons. The van der Waals surface area contributed by atoms with Crippen LogP contribution in [0.25, 0.3) is 0 Å². The summed E-state index contributed by atoms with van der Waals surface area (Å²) in [6.45, 7) is 0. The van der Waals surface area contributed by atoms with Crippen LogP contribution >= 0.6 is 23.5 Å². The van der Waals surface area contributed by atoms with E-state index in [2.05, 4.69) is 15.5 Å². The van der Waals surface area contributed by atoms with Crippen LogP contribution in [-0.2, 0) is 0 Å². The summed E-state index contributed by atoms with van der Waals surface area (Å²) in [5.41, 5.74) is 0. The van der Waals surface area contributed by atoms with Gasteiger partial charge in [-0.15, -0.1) is 0 Å². The molecule has 2 aliphatic rings. The molecule has 6 heteroatoms. The average molecular weight is 285 g/mol. The van der Waals surface area contributed by atoms with Crippen molar-refractivity contribution in [1.82, 2.24) is 15.5 Å². The van der Waals surface area contributed by atoms with Gasteiger partial charge in [-0.05, 0) is 25.6 Å². The molecule has 0 saturated carbocycles. The maximum Gasteiger partial charge on any atom is 0.232 e. The van der Waals surface area contributed by atoms with E-state index in [1.807, 2.05) is 30.6 Å². The Balaban J connectivity index is 1.72. The number of likely N-dealkylation sites (N-methyl/N-ethyl adjacent to an activating group) is 1. The van der Waals surface area contributed by atoms with Crippen molar-refractivity contribution < 1.29 is 4.52 Å². The smallest absolute Gasteiger partial charge is 0.232 e. The maximum atomic E-state index is 5.51. The van der Waals surface area contributed by atoms with Gasteiger partial charge in [0.15, 0.2) is 5.82 Å². The highest BCUT2D eigenvalue weighted by Crippen LogP contribution is 2.38. The Hall–Kier alpha value is -0.200. The molecule has 2 aliphatic heterocycles. The van der Waals surface area contributed by atoms with Gasteiger partial charge in [0.25, 0.3) is 0 Å².